The highest BCUT2D eigenvalue weighted by Crippen LogP contribution is 2.43. The van der Waals surface area contributed by atoms with Crippen molar-refractivity contribution in [1.29, 1.82) is 0 Å². The van der Waals surface area contributed by atoms with E-state index in [4.69, 9.17) is 4.98 Å². The number of carbonyl (C=O) groups is 1. The number of carbonyl (C=O) groups excluding carboxylic acids is 1. The van der Waals surface area contributed by atoms with Crippen LogP contribution in [-0.2, 0) is 11.8 Å². The molecular formula is C19H21FN4O. The number of nitrogens with one attached hydrogen (secondary N) is 1. The number of amides is 2. The number of hydrogen-bond donors (Lipinski definition) is 1. The van der Waals surface area contributed by atoms with Crippen LogP contribution in [0.3, 0.4) is 0 Å². The van der Waals surface area contributed by atoms with E-state index < -0.39 is 5.82 Å². The molecule has 2 aliphatic rings. The molecule has 1 spiro atoms. The number of benzene rings is 1. The van der Waals surface area contributed by atoms with Gasteiger partial charge in [0.1, 0.15) is 11.6 Å². The number of anilines is 1. The molecule has 2 heterocycles. The Morgan fingerprint density at radius 2 is 2.16 bits per heavy atom. The zero-order valence-electron chi connectivity index (χ0n) is 14.3. The number of fused-ring (bicyclic) bond motifs is 2. The summed E-state index contributed by atoms with van der Waals surface area (Å²) in [5, 5.41) is 2.70. The first-order valence-corrected chi connectivity index (χ1v) is 8.71. The number of aromatic nitrogens is 2. The Kier molecular flexibility index (Phi) is 3.90. The molecule has 1 saturated heterocycles. The first kappa shape index (κ1) is 16.0. The van der Waals surface area contributed by atoms with Gasteiger partial charge in [0, 0.05) is 24.7 Å². The molecule has 1 aromatic carbocycles. The fourth-order valence-electron chi connectivity index (χ4n) is 4.09. The van der Waals surface area contributed by atoms with Gasteiger partial charge in [0.15, 0.2) is 0 Å². The van der Waals surface area contributed by atoms with Gasteiger partial charge in [0.05, 0.1) is 11.4 Å². The highest BCUT2D eigenvalue weighted by Gasteiger charge is 2.44. The molecule has 6 heteroatoms. The second-order valence-electron chi connectivity index (χ2n) is 7.01. The summed E-state index contributed by atoms with van der Waals surface area (Å²) >= 11 is 0. The molecule has 1 atom stereocenters. The third-order valence-electron chi connectivity index (χ3n) is 5.34. The van der Waals surface area contributed by atoms with Crippen molar-refractivity contribution in [3.63, 3.8) is 0 Å². The van der Waals surface area contributed by atoms with Crippen molar-refractivity contribution in [3.8, 4) is 0 Å². The molecule has 0 bridgehead atoms. The summed E-state index contributed by atoms with van der Waals surface area (Å²) in [4.78, 5) is 23.4. The second-order valence-corrected chi connectivity index (χ2v) is 7.01. The molecule has 130 valence electrons. The number of likely N-dealkylation sites (tertiary alicyclic amines) is 1. The van der Waals surface area contributed by atoms with E-state index in [9.17, 15) is 9.18 Å². The van der Waals surface area contributed by atoms with E-state index in [0.717, 1.165) is 37.2 Å². The second kappa shape index (κ2) is 6.10. The zero-order valence-corrected chi connectivity index (χ0v) is 14.3. The number of para-hydroxylation sites is 1. The van der Waals surface area contributed by atoms with Crippen LogP contribution in [0.1, 0.15) is 36.3 Å². The third-order valence-corrected chi connectivity index (χ3v) is 5.34. The minimum Gasteiger partial charge on any atom is -0.324 e. The van der Waals surface area contributed by atoms with Gasteiger partial charge < -0.3 is 10.2 Å². The van der Waals surface area contributed by atoms with Gasteiger partial charge in [-0.25, -0.2) is 19.2 Å². The molecule has 0 saturated carbocycles. The Morgan fingerprint density at radius 1 is 1.32 bits per heavy atom. The molecular weight excluding hydrogens is 319 g/mol. The van der Waals surface area contributed by atoms with Gasteiger partial charge in [0.2, 0.25) is 0 Å². The lowest BCUT2D eigenvalue weighted by atomic mass is 9.77. The van der Waals surface area contributed by atoms with Gasteiger partial charge in [-0.1, -0.05) is 12.1 Å². The third kappa shape index (κ3) is 2.86. The van der Waals surface area contributed by atoms with Crippen LogP contribution in [-0.4, -0.2) is 34.0 Å². The van der Waals surface area contributed by atoms with E-state index in [1.807, 2.05) is 13.1 Å². The number of urea groups is 1. The first-order chi connectivity index (χ1) is 12.1. The van der Waals surface area contributed by atoms with Crippen molar-refractivity contribution >= 4 is 11.7 Å². The van der Waals surface area contributed by atoms with Crippen molar-refractivity contribution in [2.45, 2.75) is 38.0 Å². The average Bonchev–Trinajstić information content (AvgIpc) is 2.94. The Labute approximate surface area is 146 Å². The van der Waals surface area contributed by atoms with Crippen LogP contribution in [0.2, 0.25) is 0 Å². The maximum absolute atomic E-state index is 13.8. The molecule has 1 aliphatic heterocycles. The SMILES string of the molecule is Cc1ncc2c(n1)C1(CCCN(C(=O)Nc3ccccc3F)C1)CC2. The summed E-state index contributed by atoms with van der Waals surface area (Å²) in [7, 11) is 0. The number of halogens is 1. The number of piperidine rings is 1. The molecule has 1 N–H and O–H groups in total. The van der Waals surface area contributed by atoms with Crippen LogP contribution in [0, 0.1) is 12.7 Å². The van der Waals surface area contributed by atoms with Crippen molar-refractivity contribution in [1.82, 2.24) is 14.9 Å². The fourth-order valence-corrected chi connectivity index (χ4v) is 4.09. The van der Waals surface area contributed by atoms with Crippen LogP contribution in [0.4, 0.5) is 14.9 Å². The molecule has 5 nitrogen and oxygen atoms in total. The van der Waals surface area contributed by atoms with Crippen LogP contribution in [0.5, 0.6) is 0 Å². The summed E-state index contributed by atoms with van der Waals surface area (Å²) in [6.07, 6.45) is 5.82. The highest BCUT2D eigenvalue weighted by molar-refractivity contribution is 5.89. The van der Waals surface area contributed by atoms with Crippen molar-refractivity contribution in [3.05, 3.63) is 53.4 Å². The Hall–Kier alpha value is -2.50. The number of rotatable bonds is 1. The molecule has 0 radical (unpaired) electrons. The lowest BCUT2D eigenvalue weighted by Crippen LogP contribution is -2.49. The molecule has 1 aliphatic carbocycles. The molecule has 2 amide bonds. The Morgan fingerprint density at radius 3 is 3.00 bits per heavy atom. The molecule has 1 fully saturated rings. The average molecular weight is 340 g/mol. The fraction of sp³-hybridized carbons (Fsp3) is 0.421. The normalized spacial score (nSPS) is 22.1. The Bertz CT molecular complexity index is 821. The zero-order chi connectivity index (χ0) is 17.4. The minimum atomic E-state index is -0.419. The number of hydrogen-bond acceptors (Lipinski definition) is 3. The summed E-state index contributed by atoms with van der Waals surface area (Å²) in [6.45, 7) is 3.20. The smallest absolute Gasteiger partial charge is 0.321 e. The van der Waals surface area contributed by atoms with E-state index in [1.165, 1.54) is 11.6 Å². The summed E-state index contributed by atoms with van der Waals surface area (Å²) < 4.78 is 13.8. The quantitative estimate of drug-likeness (QED) is 0.865. The maximum atomic E-state index is 13.8. The van der Waals surface area contributed by atoms with Crippen LogP contribution in [0.25, 0.3) is 0 Å². The van der Waals surface area contributed by atoms with E-state index in [-0.39, 0.29) is 17.1 Å². The van der Waals surface area contributed by atoms with Gasteiger partial charge in [-0.3, -0.25) is 0 Å². The van der Waals surface area contributed by atoms with E-state index in [2.05, 4.69) is 10.3 Å². The predicted octanol–water partition coefficient (Wildman–Crippen LogP) is 3.44. The lowest BCUT2D eigenvalue weighted by molar-refractivity contribution is 0.157. The lowest BCUT2D eigenvalue weighted by Gasteiger charge is -2.40. The maximum Gasteiger partial charge on any atom is 0.321 e. The molecule has 1 aromatic heterocycles. The molecule has 25 heavy (non-hydrogen) atoms. The van der Waals surface area contributed by atoms with E-state index >= 15 is 0 Å². The topological polar surface area (TPSA) is 58.1 Å². The molecule has 2 aromatic rings. The largest absolute Gasteiger partial charge is 0.324 e. The number of aryl methyl sites for hydroxylation is 2. The molecule has 1 unspecified atom stereocenters. The monoisotopic (exact) mass is 340 g/mol. The standard InChI is InChI=1S/C19H21FN4O/c1-13-21-11-14-7-9-19(17(14)22-13)8-4-10-24(12-19)18(25)23-16-6-3-2-5-15(16)20/h2-3,5-6,11H,4,7-10,12H2,1H3,(H,23,25). The summed E-state index contributed by atoms with van der Waals surface area (Å²) in [6, 6.07) is 6.00. The predicted molar refractivity (Wildman–Crippen MR) is 93.0 cm³/mol. The van der Waals surface area contributed by atoms with Crippen molar-refractivity contribution in [2.24, 2.45) is 0 Å². The first-order valence-electron chi connectivity index (χ1n) is 8.71. The van der Waals surface area contributed by atoms with Crippen LogP contribution < -0.4 is 5.32 Å². The summed E-state index contributed by atoms with van der Waals surface area (Å²) in [5.41, 5.74) is 2.43. The highest BCUT2D eigenvalue weighted by atomic mass is 19.1. The van der Waals surface area contributed by atoms with Gasteiger partial charge in [0.25, 0.3) is 0 Å². The van der Waals surface area contributed by atoms with Gasteiger partial charge in [-0.2, -0.15) is 0 Å². The van der Waals surface area contributed by atoms with Gasteiger partial charge >= 0.3 is 6.03 Å². The minimum absolute atomic E-state index is 0.0894. The number of nitrogens with zero attached hydrogens (tertiary/aromatic N) is 3. The van der Waals surface area contributed by atoms with Crippen LogP contribution >= 0.6 is 0 Å². The van der Waals surface area contributed by atoms with E-state index in [1.54, 1.807) is 23.1 Å². The van der Waals surface area contributed by atoms with Crippen LogP contribution in [0.15, 0.2) is 30.5 Å². The van der Waals surface area contributed by atoms with Crippen molar-refractivity contribution in [2.75, 3.05) is 18.4 Å². The Balaban J connectivity index is 1.55. The van der Waals surface area contributed by atoms with Gasteiger partial charge in [-0.05, 0) is 50.3 Å². The van der Waals surface area contributed by atoms with E-state index in [0.29, 0.717) is 13.1 Å². The molecule has 4 rings (SSSR count). The van der Waals surface area contributed by atoms with Crippen molar-refractivity contribution < 1.29 is 9.18 Å². The summed E-state index contributed by atoms with van der Waals surface area (Å²) in [5.74, 6) is 0.352. The van der Waals surface area contributed by atoms with Gasteiger partial charge in [-0.15, -0.1) is 0 Å².